The van der Waals surface area contributed by atoms with Crippen LogP contribution in [0.2, 0.25) is 0 Å². The second kappa shape index (κ2) is 4.18. The quantitative estimate of drug-likeness (QED) is 0.669. The molecule has 1 nitrogen and oxygen atoms in total. The largest absolute Gasteiger partial charge is 0.392 e. The van der Waals surface area contributed by atoms with Gasteiger partial charge in [-0.3, -0.25) is 0 Å². The van der Waals surface area contributed by atoms with Crippen molar-refractivity contribution in [2.24, 2.45) is 23.2 Å². The first-order valence-electron chi connectivity index (χ1n) is 6.80. The van der Waals surface area contributed by atoms with Crippen molar-refractivity contribution in [3.8, 4) is 0 Å². The lowest BCUT2D eigenvalue weighted by molar-refractivity contribution is -0.0609. The van der Waals surface area contributed by atoms with E-state index in [0.717, 1.165) is 0 Å². The van der Waals surface area contributed by atoms with Gasteiger partial charge in [0.15, 0.2) is 0 Å². The third-order valence-electron chi connectivity index (χ3n) is 5.11. The van der Waals surface area contributed by atoms with Crippen LogP contribution in [-0.2, 0) is 0 Å². The van der Waals surface area contributed by atoms with E-state index in [1.165, 1.54) is 31.3 Å². The topological polar surface area (TPSA) is 20.2 Å². The van der Waals surface area contributed by atoms with Crippen molar-refractivity contribution >= 4 is 0 Å². The van der Waals surface area contributed by atoms with Crippen LogP contribution in [0.3, 0.4) is 0 Å². The van der Waals surface area contributed by atoms with Crippen LogP contribution in [0, 0.1) is 23.2 Å². The Labute approximate surface area is 99.9 Å². The number of hydrogen-bond acceptors (Lipinski definition) is 1. The molecule has 1 fully saturated rings. The summed E-state index contributed by atoms with van der Waals surface area (Å²) in [6.45, 7) is 9.10. The van der Waals surface area contributed by atoms with Crippen LogP contribution in [0.15, 0.2) is 11.6 Å². The Balaban J connectivity index is 2.27. The molecule has 0 aromatic heterocycles. The maximum atomic E-state index is 10.6. The molecule has 0 unspecified atom stereocenters. The Hall–Kier alpha value is -0.300. The van der Waals surface area contributed by atoms with Gasteiger partial charge in [-0.2, -0.15) is 0 Å². The molecule has 92 valence electrons. The van der Waals surface area contributed by atoms with E-state index in [1.807, 2.05) is 0 Å². The van der Waals surface area contributed by atoms with Gasteiger partial charge in [0.25, 0.3) is 0 Å². The van der Waals surface area contributed by atoms with Crippen molar-refractivity contribution < 1.29 is 5.11 Å². The molecular formula is C15H26O. The van der Waals surface area contributed by atoms with Crippen LogP contribution in [-0.4, -0.2) is 11.2 Å². The molecule has 0 spiro atoms. The van der Waals surface area contributed by atoms with Gasteiger partial charge in [-0.1, -0.05) is 32.4 Å². The average Bonchev–Trinajstić information content (AvgIpc) is 2.16. The monoisotopic (exact) mass is 222 g/mol. The zero-order valence-corrected chi connectivity index (χ0v) is 11.2. The lowest BCUT2D eigenvalue weighted by Gasteiger charge is -2.51. The Morgan fingerprint density at radius 2 is 2.06 bits per heavy atom. The van der Waals surface area contributed by atoms with Crippen LogP contribution in [0.25, 0.3) is 0 Å². The molecule has 0 aliphatic heterocycles. The highest BCUT2D eigenvalue weighted by Gasteiger charge is 2.47. The second-order valence-corrected chi connectivity index (χ2v) is 6.56. The van der Waals surface area contributed by atoms with Crippen molar-refractivity contribution in [2.75, 3.05) is 0 Å². The summed E-state index contributed by atoms with van der Waals surface area (Å²) in [5, 5.41) is 10.6. The van der Waals surface area contributed by atoms with Crippen LogP contribution >= 0.6 is 0 Å². The molecule has 2 rings (SSSR count). The summed E-state index contributed by atoms with van der Waals surface area (Å²) >= 11 is 0. The summed E-state index contributed by atoms with van der Waals surface area (Å²) in [6.07, 6.45) is 7.20. The van der Waals surface area contributed by atoms with E-state index in [9.17, 15) is 5.11 Å². The number of rotatable bonds is 1. The van der Waals surface area contributed by atoms with E-state index < -0.39 is 0 Å². The van der Waals surface area contributed by atoms with Crippen molar-refractivity contribution in [1.29, 1.82) is 0 Å². The highest BCUT2D eigenvalue weighted by Crippen LogP contribution is 2.53. The lowest BCUT2D eigenvalue weighted by Crippen LogP contribution is -2.48. The van der Waals surface area contributed by atoms with E-state index >= 15 is 0 Å². The number of aliphatic hydroxyl groups excluding tert-OH is 1. The first-order valence-corrected chi connectivity index (χ1v) is 6.80. The van der Waals surface area contributed by atoms with Gasteiger partial charge in [0.05, 0.1) is 6.10 Å². The van der Waals surface area contributed by atoms with E-state index in [0.29, 0.717) is 23.2 Å². The zero-order chi connectivity index (χ0) is 11.9. The number of allylic oxidation sites excluding steroid dienone is 1. The molecule has 1 N–H and O–H groups in total. The Bertz CT molecular complexity index is 292. The van der Waals surface area contributed by atoms with Gasteiger partial charge in [-0.25, -0.2) is 0 Å². The van der Waals surface area contributed by atoms with Crippen LogP contribution in [0.1, 0.15) is 53.4 Å². The summed E-state index contributed by atoms with van der Waals surface area (Å²) in [4.78, 5) is 0. The molecule has 2 aliphatic rings. The lowest BCUT2D eigenvalue weighted by atomic mass is 9.55. The standard InChI is InChI=1S/C15H26O/c1-10(2)12-7-9-15(4)8-5-6-11(3)13(15)14(12)16/h6,10,12-14,16H,5,7-9H2,1-4H3/t12-,13+,14-,15+/m0/s1. The van der Waals surface area contributed by atoms with Gasteiger partial charge in [-0.15, -0.1) is 0 Å². The summed E-state index contributed by atoms with van der Waals surface area (Å²) < 4.78 is 0. The predicted octanol–water partition coefficient (Wildman–Crippen LogP) is 3.78. The zero-order valence-electron chi connectivity index (χ0n) is 11.2. The second-order valence-electron chi connectivity index (χ2n) is 6.56. The van der Waals surface area contributed by atoms with Crippen LogP contribution < -0.4 is 0 Å². The van der Waals surface area contributed by atoms with Gasteiger partial charge in [-0.05, 0) is 49.9 Å². The molecule has 0 bridgehead atoms. The third kappa shape index (κ3) is 1.84. The maximum absolute atomic E-state index is 10.6. The molecule has 0 heterocycles. The molecule has 0 aromatic rings. The van der Waals surface area contributed by atoms with E-state index in [2.05, 4.69) is 33.8 Å². The van der Waals surface area contributed by atoms with Crippen molar-refractivity contribution in [1.82, 2.24) is 0 Å². The van der Waals surface area contributed by atoms with E-state index in [4.69, 9.17) is 0 Å². The SMILES string of the molecule is CC1=CCC[C@]2(C)CC[C@@H](C(C)C)[C@H](O)[C@@H]12. The van der Waals surface area contributed by atoms with Crippen LogP contribution in [0.5, 0.6) is 0 Å². The molecule has 4 atom stereocenters. The Morgan fingerprint density at radius 3 is 2.69 bits per heavy atom. The minimum atomic E-state index is -0.115. The summed E-state index contributed by atoms with van der Waals surface area (Å²) in [5.74, 6) is 1.52. The van der Waals surface area contributed by atoms with E-state index in [1.54, 1.807) is 0 Å². The summed E-state index contributed by atoms with van der Waals surface area (Å²) in [5.41, 5.74) is 1.80. The molecule has 0 aromatic carbocycles. The summed E-state index contributed by atoms with van der Waals surface area (Å²) in [6, 6.07) is 0. The smallest absolute Gasteiger partial charge is 0.0641 e. The first-order chi connectivity index (χ1) is 7.46. The molecule has 1 saturated carbocycles. The summed E-state index contributed by atoms with van der Waals surface area (Å²) in [7, 11) is 0. The highest BCUT2D eigenvalue weighted by atomic mass is 16.3. The predicted molar refractivity (Wildman–Crippen MR) is 68.2 cm³/mol. The number of aliphatic hydroxyl groups is 1. The Morgan fingerprint density at radius 1 is 1.38 bits per heavy atom. The van der Waals surface area contributed by atoms with E-state index in [-0.39, 0.29) is 6.10 Å². The highest BCUT2D eigenvalue weighted by molar-refractivity contribution is 5.17. The normalized spacial score (nSPS) is 44.1. The van der Waals surface area contributed by atoms with Crippen LogP contribution in [0.4, 0.5) is 0 Å². The molecular weight excluding hydrogens is 196 g/mol. The van der Waals surface area contributed by atoms with Gasteiger partial charge in [0.1, 0.15) is 0 Å². The Kier molecular flexibility index (Phi) is 3.18. The minimum absolute atomic E-state index is 0.115. The van der Waals surface area contributed by atoms with Gasteiger partial charge < -0.3 is 5.11 Å². The molecule has 16 heavy (non-hydrogen) atoms. The number of fused-ring (bicyclic) bond motifs is 1. The van der Waals surface area contributed by atoms with Crippen molar-refractivity contribution in [2.45, 2.75) is 59.5 Å². The third-order valence-corrected chi connectivity index (χ3v) is 5.11. The molecule has 0 radical (unpaired) electrons. The maximum Gasteiger partial charge on any atom is 0.0641 e. The molecule has 0 saturated heterocycles. The van der Waals surface area contributed by atoms with Gasteiger partial charge in [0, 0.05) is 5.92 Å². The van der Waals surface area contributed by atoms with Gasteiger partial charge in [0.2, 0.25) is 0 Å². The minimum Gasteiger partial charge on any atom is -0.392 e. The first kappa shape index (κ1) is 12.2. The molecule has 2 aliphatic carbocycles. The number of hydrogen-bond donors (Lipinski definition) is 1. The van der Waals surface area contributed by atoms with Crippen molar-refractivity contribution in [3.05, 3.63) is 11.6 Å². The van der Waals surface area contributed by atoms with Gasteiger partial charge >= 0.3 is 0 Å². The fourth-order valence-electron chi connectivity index (χ4n) is 4.07. The molecule has 0 amide bonds. The van der Waals surface area contributed by atoms with Crippen molar-refractivity contribution in [3.63, 3.8) is 0 Å². The molecule has 1 heteroatoms. The average molecular weight is 222 g/mol. The fourth-order valence-corrected chi connectivity index (χ4v) is 4.07. The fraction of sp³-hybridized carbons (Fsp3) is 0.867.